The smallest absolute Gasteiger partial charge is 0.113 e. The van der Waals surface area contributed by atoms with Crippen LogP contribution in [0.4, 0.5) is 0 Å². The largest absolute Gasteiger partial charge is 0.468 e. The van der Waals surface area contributed by atoms with E-state index in [9.17, 15) is 0 Å². The van der Waals surface area contributed by atoms with E-state index in [1.165, 1.54) is 25.7 Å². The summed E-state index contributed by atoms with van der Waals surface area (Å²) in [5.41, 5.74) is 6.17. The number of furan rings is 1. The van der Waals surface area contributed by atoms with E-state index in [4.69, 9.17) is 10.2 Å². The van der Waals surface area contributed by atoms with E-state index >= 15 is 0 Å². The number of rotatable bonds is 5. The Labute approximate surface area is 95.6 Å². The Bertz CT molecular complexity index is 267. The Hall–Kier alpha value is -0.410. The molecule has 0 aliphatic heterocycles. The molecule has 0 saturated heterocycles. The SMILES string of the molecule is NC(CSCc1ccco1)C1CCCC1. The summed E-state index contributed by atoms with van der Waals surface area (Å²) in [7, 11) is 0. The molecule has 1 aromatic heterocycles. The maximum absolute atomic E-state index is 6.17. The lowest BCUT2D eigenvalue weighted by molar-refractivity contribution is 0.463. The number of hydrogen-bond acceptors (Lipinski definition) is 3. The summed E-state index contributed by atoms with van der Waals surface area (Å²) in [6, 6.07) is 4.34. The third-order valence-corrected chi connectivity index (χ3v) is 4.25. The molecular formula is C12H19NOS. The fourth-order valence-corrected chi connectivity index (χ4v) is 3.24. The second-order valence-corrected chi connectivity index (χ2v) is 5.33. The molecule has 0 spiro atoms. The van der Waals surface area contributed by atoms with Gasteiger partial charge in [0.1, 0.15) is 5.76 Å². The fourth-order valence-electron chi connectivity index (χ4n) is 2.21. The average molecular weight is 225 g/mol. The molecule has 2 N–H and O–H groups in total. The van der Waals surface area contributed by atoms with E-state index in [1.54, 1.807) is 6.26 Å². The highest BCUT2D eigenvalue weighted by atomic mass is 32.2. The van der Waals surface area contributed by atoms with E-state index in [2.05, 4.69) is 0 Å². The van der Waals surface area contributed by atoms with Gasteiger partial charge < -0.3 is 10.2 Å². The van der Waals surface area contributed by atoms with Crippen LogP contribution in [0.1, 0.15) is 31.4 Å². The first-order valence-corrected chi connectivity index (χ1v) is 6.87. The normalized spacial score (nSPS) is 19.5. The average Bonchev–Trinajstić information content (AvgIpc) is 2.90. The van der Waals surface area contributed by atoms with Crippen LogP contribution in [-0.4, -0.2) is 11.8 Å². The Balaban J connectivity index is 1.64. The first-order chi connectivity index (χ1) is 7.36. The highest BCUT2D eigenvalue weighted by Crippen LogP contribution is 2.28. The van der Waals surface area contributed by atoms with Gasteiger partial charge in [-0.05, 0) is 30.9 Å². The van der Waals surface area contributed by atoms with Gasteiger partial charge in [0.15, 0.2) is 0 Å². The van der Waals surface area contributed by atoms with Crippen molar-refractivity contribution < 1.29 is 4.42 Å². The number of thioether (sulfide) groups is 1. The first-order valence-electron chi connectivity index (χ1n) is 5.72. The molecule has 2 nitrogen and oxygen atoms in total. The summed E-state index contributed by atoms with van der Waals surface area (Å²) in [5, 5.41) is 0. The van der Waals surface area contributed by atoms with Crippen LogP contribution in [0.3, 0.4) is 0 Å². The molecule has 0 aromatic carbocycles. The van der Waals surface area contributed by atoms with E-state index in [-0.39, 0.29) is 0 Å². The molecule has 1 aromatic rings. The summed E-state index contributed by atoms with van der Waals surface area (Å²) in [5.74, 6) is 3.84. The molecule has 84 valence electrons. The van der Waals surface area contributed by atoms with Crippen LogP contribution in [0, 0.1) is 5.92 Å². The van der Waals surface area contributed by atoms with Crippen molar-refractivity contribution in [3.05, 3.63) is 24.2 Å². The molecule has 15 heavy (non-hydrogen) atoms. The van der Waals surface area contributed by atoms with Crippen molar-refractivity contribution in [1.29, 1.82) is 0 Å². The Kier molecular flexibility index (Phi) is 4.15. The molecule has 1 aliphatic rings. The van der Waals surface area contributed by atoms with Crippen molar-refractivity contribution in [3.8, 4) is 0 Å². The Morgan fingerprint density at radius 1 is 1.47 bits per heavy atom. The molecule has 1 heterocycles. The zero-order chi connectivity index (χ0) is 10.5. The van der Waals surface area contributed by atoms with Crippen LogP contribution in [0.15, 0.2) is 22.8 Å². The van der Waals surface area contributed by atoms with Gasteiger partial charge in [-0.3, -0.25) is 0 Å². The Morgan fingerprint density at radius 2 is 2.27 bits per heavy atom. The van der Waals surface area contributed by atoms with Crippen LogP contribution in [0.2, 0.25) is 0 Å². The molecule has 0 bridgehead atoms. The molecule has 1 unspecified atom stereocenters. The van der Waals surface area contributed by atoms with Crippen molar-refractivity contribution in [2.24, 2.45) is 11.7 Å². The molecule has 1 saturated carbocycles. The molecule has 3 heteroatoms. The van der Waals surface area contributed by atoms with Gasteiger partial charge in [0.2, 0.25) is 0 Å². The van der Waals surface area contributed by atoms with Crippen molar-refractivity contribution in [1.82, 2.24) is 0 Å². The van der Waals surface area contributed by atoms with Crippen LogP contribution in [0.25, 0.3) is 0 Å². The van der Waals surface area contributed by atoms with Gasteiger partial charge in [0.25, 0.3) is 0 Å². The zero-order valence-corrected chi connectivity index (χ0v) is 9.84. The maximum Gasteiger partial charge on any atom is 0.113 e. The minimum atomic E-state index is 0.382. The maximum atomic E-state index is 6.17. The lowest BCUT2D eigenvalue weighted by Crippen LogP contribution is -2.30. The topological polar surface area (TPSA) is 39.2 Å². The van der Waals surface area contributed by atoms with E-state index < -0.39 is 0 Å². The van der Waals surface area contributed by atoms with Crippen molar-refractivity contribution in [2.45, 2.75) is 37.5 Å². The van der Waals surface area contributed by atoms with Crippen molar-refractivity contribution >= 4 is 11.8 Å². The molecule has 2 rings (SSSR count). The highest BCUT2D eigenvalue weighted by molar-refractivity contribution is 7.98. The summed E-state index contributed by atoms with van der Waals surface area (Å²) < 4.78 is 5.28. The summed E-state index contributed by atoms with van der Waals surface area (Å²) in [4.78, 5) is 0. The van der Waals surface area contributed by atoms with Crippen molar-refractivity contribution in [2.75, 3.05) is 5.75 Å². The standard InChI is InChI=1S/C12H19NOS/c13-12(10-4-1-2-5-10)9-15-8-11-6-3-7-14-11/h3,6-7,10,12H,1-2,4-5,8-9,13H2. The quantitative estimate of drug-likeness (QED) is 0.837. The minimum absolute atomic E-state index is 0.382. The molecule has 1 fully saturated rings. The van der Waals surface area contributed by atoms with Crippen molar-refractivity contribution in [3.63, 3.8) is 0 Å². The minimum Gasteiger partial charge on any atom is -0.468 e. The molecule has 0 amide bonds. The molecule has 1 atom stereocenters. The summed E-state index contributed by atoms with van der Waals surface area (Å²) in [6.07, 6.45) is 7.15. The van der Waals surface area contributed by atoms with Crippen LogP contribution in [-0.2, 0) is 5.75 Å². The second-order valence-electron chi connectivity index (χ2n) is 4.30. The summed E-state index contributed by atoms with van der Waals surface area (Å²) >= 11 is 1.89. The molecule has 0 radical (unpaired) electrons. The predicted molar refractivity (Wildman–Crippen MR) is 64.8 cm³/mol. The molecular weight excluding hydrogens is 206 g/mol. The van der Waals surface area contributed by atoms with E-state index in [1.807, 2.05) is 23.9 Å². The van der Waals surface area contributed by atoms with Crippen LogP contribution in [0.5, 0.6) is 0 Å². The van der Waals surface area contributed by atoms with Gasteiger partial charge in [-0.25, -0.2) is 0 Å². The lowest BCUT2D eigenvalue weighted by Gasteiger charge is -2.17. The third-order valence-electron chi connectivity index (χ3n) is 3.14. The van der Waals surface area contributed by atoms with E-state index in [0.717, 1.165) is 23.2 Å². The lowest BCUT2D eigenvalue weighted by atomic mass is 10.0. The van der Waals surface area contributed by atoms with Crippen LogP contribution >= 0.6 is 11.8 Å². The predicted octanol–water partition coefficient (Wildman–Crippen LogP) is 3.03. The van der Waals surface area contributed by atoms with Gasteiger partial charge in [-0.2, -0.15) is 11.8 Å². The van der Waals surface area contributed by atoms with Gasteiger partial charge in [0.05, 0.1) is 12.0 Å². The van der Waals surface area contributed by atoms with Gasteiger partial charge >= 0.3 is 0 Å². The number of nitrogens with two attached hydrogens (primary N) is 1. The summed E-state index contributed by atoms with van der Waals surface area (Å²) in [6.45, 7) is 0. The van der Waals surface area contributed by atoms with E-state index in [0.29, 0.717) is 6.04 Å². The van der Waals surface area contributed by atoms with Gasteiger partial charge in [-0.15, -0.1) is 0 Å². The van der Waals surface area contributed by atoms with Gasteiger partial charge in [0, 0.05) is 11.8 Å². The zero-order valence-electron chi connectivity index (χ0n) is 9.02. The molecule has 1 aliphatic carbocycles. The highest BCUT2D eigenvalue weighted by Gasteiger charge is 2.21. The number of hydrogen-bond donors (Lipinski definition) is 1. The second kappa shape index (κ2) is 5.61. The fraction of sp³-hybridized carbons (Fsp3) is 0.667. The Morgan fingerprint density at radius 3 is 2.93 bits per heavy atom. The third kappa shape index (κ3) is 3.28. The monoisotopic (exact) mass is 225 g/mol. The first kappa shape index (κ1) is 11.1. The van der Waals surface area contributed by atoms with Crippen LogP contribution < -0.4 is 5.73 Å². The van der Waals surface area contributed by atoms with Gasteiger partial charge in [-0.1, -0.05) is 12.8 Å².